The van der Waals surface area contributed by atoms with Crippen molar-refractivity contribution in [3.63, 3.8) is 0 Å². The van der Waals surface area contributed by atoms with Crippen molar-refractivity contribution >= 4 is 11.3 Å². The van der Waals surface area contributed by atoms with Gasteiger partial charge in [-0.2, -0.15) is 0 Å². The van der Waals surface area contributed by atoms with Crippen molar-refractivity contribution in [2.24, 2.45) is 5.73 Å². The highest BCUT2D eigenvalue weighted by Crippen LogP contribution is 2.29. The summed E-state index contributed by atoms with van der Waals surface area (Å²) in [6, 6.07) is 13.8. The summed E-state index contributed by atoms with van der Waals surface area (Å²) in [6.45, 7) is 9.70. The summed E-state index contributed by atoms with van der Waals surface area (Å²) in [4.78, 5) is 3.90. The van der Waals surface area contributed by atoms with Crippen molar-refractivity contribution in [3.05, 3.63) is 57.8 Å². The monoisotopic (exact) mass is 302 g/mol. The van der Waals surface area contributed by atoms with Gasteiger partial charge in [0.25, 0.3) is 0 Å². The Bertz CT molecular complexity index is 546. The highest BCUT2D eigenvalue weighted by atomic mass is 32.1. The lowest BCUT2D eigenvalue weighted by atomic mass is 9.96. The number of thiophene rings is 1. The molecule has 0 radical (unpaired) electrons. The van der Waals surface area contributed by atoms with E-state index in [9.17, 15) is 0 Å². The molecule has 0 aliphatic rings. The second-order valence-electron chi connectivity index (χ2n) is 6.06. The van der Waals surface area contributed by atoms with Gasteiger partial charge in [-0.1, -0.05) is 35.9 Å². The van der Waals surface area contributed by atoms with Crippen LogP contribution in [0.2, 0.25) is 0 Å². The van der Waals surface area contributed by atoms with Crippen LogP contribution in [0, 0.1) is 6.92 Å². The lowest BCUT2D eigenvalue weighted by Gasteiger charge is -2.37. The Morgan fingerprint density at radius 2 is 1.90 bits per heavy atom. The number of nitrogens with two attached hydrogens (primary N) is 1. The van der Waals surface area contributed by atoms with Crippen LogP contribution in [0.1, 0.15) is 42.8 Å². The third kappa shape index (κ3) is 4.16. The molecule has 0 amide bonds. The highest BCUT2D eigenvalue weighted by molar-refractivity contribution is 7.09. The first kappa shape index (κ1) is 16.2. The topological polar surface area (TPSA) is 29.3 Å². The molecule has 2 nitrogen and oxygen atoms in total. The minimum Gasteiger partial charge on any atom is -0.326 e. The average Bonchev–Trinajstić information content (AvgIpc) is 2.90. The highest BCUT2D eigenvalue weighted by Gasteiger charge is 2.26. The van der Waals surface area contributed by atoms with E-state index in [1.807, 2.05) is 11.3 Å². The minimum absolute atomic E-state index is 0.0918. The largest absolute Gasteiger partial charge is 0.326 e. The molecule has 0 aliphatic heterocycles. The molecule has 0 aliphatic carbocycles. The Balaban J connectivity index is 2.33. The molecule has 0 saturated heterocycles. The fourth-order valence-corrected chi connectivity index (χ4v) is 3.55. The summed E-state index contributed by atoms with van der Waals surface area (Å²) in [5, 5.41) is 2.14. The van der Waals surface area contributed by atoms with Crippen molar-refractivity contribution < 1.29 is 0 Å². The lowest BCUT2D eigenvalue weighted by Crippen LogP contribution is -2.42. The van der Waals surface area contributed by atoms with E-state index in [0.717, 1.165) is 6.54 Å². The minimum atomic E-state index is 0.0918. The SMILES string of the molecule is Cc1cccc(C(C(C)N)N(Cc2cccs2)C(C)C)c1. The van der Waals surface area contributed by atoms with Gasteiger partial charge >= 0.3 is 0 Å². The van der Waals surface area contributed by atoms with Gasteiger partial charge in [0.15, 0.2) is 0 Å². The maximum absolute atomic E-state index is 6.35. The molecule has 21 heavy (non-hydrogen) atoms. The molecular weight excluding hydrogens is 276 g/mol. The van der Waals surface area contributed by atoms with Crippen LogP contribution in [0.4, 0.5) is 0 Å². The standard InChI is InChI=1S/C18H26N2S/c1-13(2)20(12-17-9-6-10-21-17)18(15(4)19)16-8-5-7-14(3)11-16/h5-11,13,15,18H,12,19H2,1-4H3. The van der Waals surface area contributed by atoms with E-state index in [-0.39, 0.29) is 12.1 Å². The van der Waals surface area contributed by atoms with Crippen LogP contribution in [-0.4, -0.2) is 17.0 Å². The molecule has 3 heteroatoms. The van der Waals surface area contributed by atoms with E-state index in [1.54, 1.807) is 0 Å². The average molecular weight is 302 g/mol. The quantitative estimate of drug-likeness (QED) is 0.859. The summed E-state index contributed by atoms with van der Waals surface area (Å²) in [5.41, 5.74) is 8.95. The fraction of sp³-hybridized carbons (Fsp3) is 0.444. The summed E-state index contributed by atoms with van der Waals surface area (Å²) in [5.74, 6) is 0. The lowest BCUT2D eigenvalue weighted by molar-refractivity contribution is 0.128. The number of hydrogen-bond acceptors (Lipinski definition) is 3. The Kier molecular flexibility index (Phi) is 5.57. The summed E-state index contributed by atoms with van der Waals surface area (Å²) >= 11 is 1.81. The van der Waals surface area contributed by atoms with Gasteiger partial charge in [0.2, 0.25) is 0 Å². The van der Waals surface area contributed by atoms with Crippen molar-refractivity contribution in [2.45, 2.75) is 52.4 Å². The molecule has 2 atom stereocenters. The predicted octanol–water partition coefficient (Wildman–Crippen LogP) is 4.36. The first-order valence-electron chi connectivity index (χ1n) is 7.59. The van der Waals surface area contributed by atoms with Crippen LogP contribution in [0.25, 0.3) is 0 Å². The normalized spacial score (nSPS) is 14.6. The number of aryl methyl sites for hydroxylation is 1. The molecule has 2 N–H and O–H groups in total. The van der Waals surface area contributed by atoms with Gasteiger partial charge in [-0.15, -0.1) is 11.3 Å². The molecular formula is C18H26N2S. The van der Waals surface area contributed by atoms with Crippen LogP contribution in [0.5, 0.6) is 0 Å². The molecule has 1 heterocycles. The maximum atomic E-state index is 6.35. The van der Waals surface area contributed by atoms with E-state index in [4.69, 9.17) is 5.73 Å². The van der Waals surface area contributed by atoms with E-state index >= 15 is 0 Å². The van der Waals surface area contributed by atoms with Crippen molar-refractivity contribution in [1.82, 2.24) is 4.90 Å². The van der Waals surface area contributed by atoms with Crippen LogP contribution < -0.4 is 5.73 Å². The third-order valence-corrected chi connectivity index (χ3v) is 4.68. The van der Waals surface area contributed by atoms with Crippen molar-refractivity contribution in [2.75, 3.05) is 0 Å². The number of hydrogen-bond donors (Lipinski definition) is 1. The van der Waals surface area contributed by atoms with Gasteiger partial charge in [-0.25, -0.2) is 0 Å². The Labute approximate surface area is 132 Å². The molecule has 0 fully saturated rings. The van der Waals surface area contributed by atoms with E-state index in [0.29, 0.717) is 6.04 Å². The first-order valence-corrected chi connectivity index (χ1v) is 8.47. The van der Waals surface area contributed by atoms with Gasteiger partial charge in [-0.05, 0) is 44.7 Å². The van der Waals surface area contributed by atoms with Crippen molar-refractivity contribution in [3.8, 4) is 0 Å². The van der Waals surface area contributed by atoms with Crippen LogP contribution in [-0.2, 0) is 6.54 Å². The number of nitrogens with zero attached hydrogens (tertiary/aromatic N) is 1. The van der Waals surface area contributed by atoms with Gasteiger partial charge < -0.3 is 5.73 Å². The summed E-state index contributed by atoms with van der Waals surface area (Å²) in [7, 11) is 0. The smallest absolute Gasteiger partial charge is 0.0503 e. The zero-order chi connectivity index (χ0) is 15.4. The first-order chi connectivity index (χ1) is 9.99. The summed E-state index contributed by atoms with van der Waals surface area (Å²) < 4.78 is 0. The Morgan fingerprint density at radius 3 is 2.43 bits per heavy atom. The predicted molar refractivity (Wildman–Crippen MR) is 92.6 cm³/mol. The fourth-order valence-electron chi connectivity index (χ4n) is 2.84. The third-order valence-electron chi connectivity index (χ3n) is 3.82. The van der Waals surface area contributed by atoms with Gasteiger partial charge in [-0.3, -0.25) is 4.90 Å². The molecule has 2 unspecified atom stereocenters. The van der Waals surface area contributed by atoms with E-state index in [1.165, 1.54) is 16.0 Å². The summed E-state index contributed by atoms with van der Waals surface area (Å²) in [6.07, 6.45) is 0. The zero-order valence-electron chi connectivity index (χ0n) is 13.4. The second-order valence-corrected chi connectivity index (χ2v) is 7.10. The van der Waals surface area contributed by atoms with Gasteiger partial charge in [0.05, 0.1) is 6.04 Å². The van der Waals surface area contributed by atoms with Crippen molar-refractivity contribution in [1.29, 1.82) is 0 Å². The number of rotatable bonds is 6. The molecule has 1 aromatic carbocycles. The molecule has 2 rings (SSSR count). The van der Waals surface area contributed by atoms with E-state index < -0.39 is 0 Å². The maximum Gasteiger partial charge on any atom is 0.0503 e. The zero-order valence-corrected chi connectivity index (χ0v) is 14.2. The van der Waals surface area contributed by atoms with Crippen LogP contribution in [0.3, 0.4) is 0 Å². The Hall–Kier alpha value is -1.16. The van der Waals surface area contributed by atoms with Gasteiger partial charge in [0.1, 0.15) is 0 Å². The molecule has 0 bridgehead atoms. The van der Waals surface area contributed by atoms with Crippen LogP contribution >= 0.6 is 11.3 Å². The molecule has 0 saturated carbocycles. The van der Waals surface area contributed by atoms with E-state index in [2.05, 4.69) is 74.4 Å². The van der Waals surface area contributed by atoms with Gasteiger partial charge in [0, 0.05) is 23.5 Å². The molecule has 0 spiro atoms. The molecule has 2 aromatic rings. The molecule has 114 valence electrons. The second kappa shape index (κ2) is 7.21. The molecule has 1 aromatic heterocycles. The Morgan fingerprint density at radius 1 is 1.14 bits per heavy atom. The number of benzene rings is 1. The van der Waals surface area contributed by atoms with Crippen LogP contribution in [0.15, 0.2) is 41.8 Å².